The molecule has 0 bridgehead atoms. The molecule has 0 aliphatic rings. The maximum Gasteiger partial charge on any atom is 0.190 e. The molecule has 0 aromatic carbocycles. The molecule has 0 spiro atoms. The quantitative estimate of drug-likeness (QED) is 0.691. The fourth-order valence-electron chi connectivity index (χ4n) is 1.15. The maximum atomic E-state index is 11.5. The molecule has 0 unspecified atom stereocenters. The monoisotopic (exact) mass is 191 g/mol. The average molecular weight is 191 g/mol. The van der Waals surface area contributed by atoms with Crippen molar-refractivity contribution in [3.05, 3.63) is 29.8 Å². The number of carbonyl (C=O) groups is 1. The molecule has 0 saturated heterocycles. The van der Waals surface area contributed by atoms with Gasteiger partial charge in [-0.3, -0.25) is 9.48 Å². The predicted octanol–water partition coefficient (Wildman–Crippen LogP) is -0.0364. The highest BCUT2D eigenvalue weighted by molar-refractivity contribution is 5.95. The number of aromatic nitrogens is 5. The van der Waals surface area contributed by atoms with E-state index in [1.807, 2.05) is 7.05 Å². The molecular formula is C8H9N5O. The number of aromatic amines is 1. The third-order valence-corrected chi connectivity index (χ3v) is 1.81. The number of nitrogens with one attached hydrogen (secondary N) is 1. The van der Waals surface area contributed by atoms with Gasteiger partial charge in [-0.2, -0.15) is 20.5 Å². The summed E-state index contributed by atoms with van der Waals surface area (Å²) in [5.41, 5.74) is 1.08. The van der Waals surface area contributed by atoms with Crippen LogP contribution < -0.4 is 0 Å². The largest absolute Gasteiger partial charge is 0.292 e. The van der Waals surface area contributed by atoms with Crippen molar-refractivity contribution in [3.63, 3.8) is 0 Å². The molecule has 2 rings (SSSR count). The van der Waals surface area contributed by atoms with Crippen molar-refractivity contribution in [2.75, 3.05) is 0 Å². The van der Waals surface area contributed by atoms with Crippen molar-refractivity contribution in [2.45, 2.75) is 6.42 Å². The van der Waals surface area contributed by atoms with Crippen molar-refractivity contribution < 1.29 is 4.79 Å². The summed E-state index contributed by atoms with van der Waals surface area (Å²) in [6.45, 7) is 0. The number of rotatable bonds is 3. The Morgan fingerprint density at radius 2 is 2.50 bits per heavy atom. The van der Waals surface area contributed by atoms with E-state index < -0.39 is 0 Å². The minimum atomic E-state index is -0.0857. The Bertz CT molecular complexity index is 430. The van der Waals surface area contributed by atoms with Crippen LogP contribution in [0.25, 0.3) is 0 Å². The van der Waals surface area contributed by atoms with Crippen molar-refractivity contribution in [3.8, 4) is 0 Å². The lowest BCUT2D eigenvalue weighted by atomic mass is 10.2. The second-order valence-electron chi connectivity index (χ2n) is 2.94. The van der Waals surface area contributed by atoms with E-state index in [2.05, 4.69) is 20.5 Å². The number of hydrogen-bond acceptors (Lipinski definition) is 4. The summed E-state index contributed by atoms with van der Waals surface area (Å²) >= 11 is 0. The Morgan fingerprint density at radius 1 is 1.64 bits per heavy atom. The van der Waals surface area contributed by atoms with Gasteiger partial charge in [-0.05, 0) is 6.07 Å². The fraction of sp³-hybridized carbons (Fsp3) is 0.250. The smallest absolute Gasteiger partial charge is 0.190 e. The summed E-state index contributed by atoms with van der Waals surface area (Å²) in [4.78, 5) is 11.5. The maximum absolute atomic E-state index is 11.5. The lowest BCUT2D eigenvalue weighted by Crippen LogP contribution is -2.05. The second kappa shape index (κ2) is 3.41. The van der Waals surface area contributed by atoms with Gasteiger partial charge in [0.15, 0.2) is 5.78 Å². The van der Waals surface area contributed by atoms with Gasteiger partial charge in [0.2, 0.25) is 0 Å². The van der Waals surface area contributed by atoms with Gasteiger partial charge in [0, 0.05) is 13.2 Å². The lowest BCUT2D eigenvalue weighted by Gasteiger charge is -1.91. The molecule has 0 fully saturated rings. The van der Waals surface area contributed by atoms with E-state index in [0.29, 0.717) is 5.69 Å². The van der Waals surface area contributed by atoms with Crippen LogP contribution in [-0.4, -0.2) is 31.0 Å². The van der Waals surface area contributed by atoms with E-state index in [1.54, 1.807) is 16.9 Å². The molecule has 1 N–H and O–H groups in total. The zero-order valence-electron chi connectivity index (χ0n) is 7.64. The van der Waals surface area contributed by atoms with E-state index in [0.717, 1.165) is 5.69 Å². The van der Waals surface area contributed by atoms with Gasteiger partial charge in [-0.25, -0.2) is 0 Å². The Kier molecular flexibility index (Phi) is 2.10. The van der Waals surface area contributed by atoms with Crippen LogP contribution in [0.4, 0.5) is 0 Å². The van der Waals surface area contributed by atoms with E-state index in [9.17, 15) is 4.79 Å². The van der Waals surface area contributed by atoms with Crippen LogP contribution >= 0.6 is 0 Å². The van der Waals surface area contributed by atoms with Crippen LogP contribution in [0, 0.1) is 0 Å². The lowest BCUT2D eigenvalue weighted by molar-refractivity contribution is 0.0987. The van der Waals surface area contributed by atoms with E-state index in [1.165, 1.54) is 6.20 Å². The van der Waals surface area contributed by atoms with E-state index in [4.69, 9.17) is 0 Å². The Labute approximate surface area is 79.9 Å². The van der Waals surface area contributed by atoms with Crippen molar-refractivity contribution in [1.82, 2.24) is 25.2 Å². The molecular weight excluding hydrogens is 182 g/mol. The number of Topliss-reactive ketones (excluding diaryl/α,β-unsaturated/α-hetero) is 1. The highest BCUT2D eigenvalue weighted by Crippen LogP contribution is 2.01. The molecule has 72 valence electrons. The van der Waals surface area contributed by atoms with Gasteiger partial charge < -0.3 is 0 Å². The summed E-state index contributed by atoms with van der Waals surface area (Å²) in [6.07, 6.45) is 3.46. The minimum absolute atomic E-state index is 0.0857. The molecule has 0 atom stereocenters. The molecule has 14 heavy (non-hydrogen) atoms. The van der Waals surface area contributed by atoms with Crippen LogP contribution in [0.1, 0.15) is 16.2 Å². The zero-order chi connectivity index (χ0) is 9.97. The summed E-state index contributed by atoms with van der Waals surface area (Å²) in [7, 11) is 1.81. The van der Waals surface area contributed by atoms with Gasteiger partial charge >= 0.3 is 0 Å². The van der Waals surface area contributed by atoms with Gasteiger partial charge in [-0.1, -0.05) is 0 Å². The van der Waals surface area contributed by atoms with Gasteiger partial charge in [0.1, 0.15) is 5.69 Å². The number of aryl methyl sites for hydroxylation is 1. The SMILES string of the molecule is Cn1ccc(CC(=O)c2cn[nH]n2)n1. The van der Waals surface area contributed by atoms with E-state index >= 15 is 0 Å². The first-order valence-corrected chi connectivity index (χ1v) is 4.13. The molecule has 2 aromatic rings. The molecule has 0 aliphatic carbocycles. The minimum Gasteiger partial charge on any atom is -0.292 e. The van der Waals surface area contributed by atoms with Crippen molar-refractivity contribution >= 4 is 5.78 Å². The normalized spacial score (nSPS) is 10.4. The summed E-state index contributed by atoms with van der Waals surface area (Å²) in [5, 5.41) is 13.8. The van der Waals surface area contributed by atoms with E-state index in [-0.39, 0.29) is 12.2 Å². The molecule has 2 heterocycles. The number of ketones is 1. The third-order valence-electron chi connectivity index (χ3n) is 1.81. The summed E-state index contributed by atoms with van der Waals surface area (Å²) in [6, 6.07) is 1.80. The molecule has 0 radical (unpaired) electrons. The second-order valence-corrected chi connectivity index (χ2v) is 2.94. The first kappa shape index (κ1) is 8.61. The average Bonchev–Trinajstić information content (AvgIpc) is 2.75. The molecule has 0 aliphatic heterocycles. The first-order chi connectivity index (χ1) is 6.75. The molecule has 6 nitrogen and oxygen atoms in total. The van der Waals surface area contributed by atoms with Gasteiger partial charge in [-0.15, -0.1) is 0 Å². The van der Waals surface area contributed by atoms with Crippen molar-refractivity contribution in [2.24, 2.45) is 7.05 Å². The molecule has 2 aromatic heterocycles. The fourth-order valence-corrected chi connectivity index (χ4v) is 1.15. The van der Waals surface area contributed by atoms with Crippen LogP contribution in [0.2, 0.25) is 0 Å². The number of H-pyrrole nitrogens is 1. The zero-order valence-corrected chi connectivity index (χ0v) is 7.64. The summed E-state index contributed by atoms with van der Waals surface area (Å²) in [5.74, 6) is -0.0857. The molecule has 0 amide bonds. The Morgan fingerprint density at radius 3 is 3.07 bits per heavy atom. The number of carbonyl (C=O) groups excluding carboxylic acids is 1. The predicted molar refractivity (Wildman–Crippen MR) is 47.6 cm³/mol. The highest BCUT2D eigenvalue weighted by Gasteiger charge is 2.10. The van der Waals surface area contributed by atoms with Gasteiger partial charge in [0.05, 0.1) is 18.3 Å². The van der Waals surface area contributed by atoms with Crippen LogP contribution in [0.5, 0.6) is 0 Å². The number of nitrogens with zero attached hydrogens (tertiary/aromatic N) is 4. The number of hydrogen-bond donors (Lipinski definition) is 1. The first-order valence-electron chi connectivity index (χ1n) is 4.13. The van der Waals surface area contributed by atoms with Crippen molar-refractivity contribution in [1.29, 1.82) is 0 Å². The van der Waals surface area contributed by atoms with Crippen LogP contribution in [0.15, 0.2) is 18.5 Å². The topological polar surface area (TPSA) is 76.5 Å². The third kappa shape index (κ3) is 1.68. The van der Waals surface area contributed by atoms with Gasteiger partial charge in [0.25, 0.3) is 0 Å². The Hall–Kier alpha value is -1.98. The standard InChI is InChI=1S/C8H9N5O/c1-13-3-2-6(11-13)4-8(14)7-5-9-12-10-7/h2-3,5H,4H2,1H3,(H,9,10,12). The van der Waals surface area contributed by atoms with Crippen LogP contribution in [0.3, 0.4) is 0 Å². The molecule has 0 saturated carbocycles. The Balaban J connectivity index is 2.09. The molecule has 6 heteroatoms. The van der Waals surface area contributed by atoms with Crippen LogP contribution in [-0.2, 0) is 13.5 Å². The summed E-state index contributed by atoms with van der Waals surface area (Å²) < 4.78 is 1.66. The highest BCUT2D eigenvalue weighted by atomic mass is 16.1.